The number of carbonyl (C=O) groups excluding carboxylic acids is 2. The Morgan fingerprint density at radius 2 is 1.85 bits per heavy atom. The number of carbonyl (C=O) groups is 2. The van der Waals surface area contributed by atoms with Gasteiger partial charge in [0, 0.05) is 36.1 Å². The number of aryl methyl sites for hydroxylation is 1. The van der Waals surface area contributed by atoms with E-state index in [-0.39, 0.29) is 28.5 Å². The van der Waals surface area contributed by atoms with Gasteiger partial charge in [0.2, 0.25) is 0 Å². The maximum atomic E-state index is 13.2. The van der Waals surface area contributed by atoms with Gasteiger partial charge in [0.25, 0.3) is 11.5 Å². The van der Waals surface area contributed by atoms with Crippen LogP contribution in [0.15, 0.2) is 52.6 Å². The molecule has 0 unspecified atom stereocenters. The SMILES string of the molecule is C=CCNC(=O)Nc1ccc(NC(=O)c2cc(C3CC3)nc3c2c(=O)[nH]c(=O)n3CC)cc1. The molecule has 1 aliphatic rings. The smallest absolute Gasteiger partial charge is 0.329 e. The fraction of sp³-hybridized carbons (Fsp3) is 0.261. The van der Waals surface area contributed by atoms with Crippen LogP contribution in [-0.4, -0.2) is 33.0 Å². The quantitative estimate of drug-likeness (QED) is 0.412. The van der Waals surface area contributed by atoms with Crippen molar-refractivity contribution in [2.75, 3.05) is 17.2 Å². The Morgan fingerprint density at radius 1 is 1.18 bits per heavy atom. The van der Waals surface area contributed by atoms with Crippen LogP contribution in [-0.2, 0) is 6.54 Å². The number of urea groups is 1. The number of nitrogens with zero attached hydrogens (tertiary/aromatic N) is 2. The fourth-order valence-electron chi connectivity index (χ4n) is 3.53. The molecule has 10 nitrogen and oxygen atoms in total. The number of hydrogen-bond acceptors (Lipinski definition) is 5. The van der Waals surface area contributed by atoms with E-state index < -0.39 is 17.2 Å². The van der Waals surface area contributed by atoms with E-state index in [9.17, 15) is 19.2 Å². The minimum absolute atomic E-state index is 0.0792. The molecule has 0 bridgehead atoms. The van der Waals surface area contributed by atoms with Gasteiger partial charge in [0.05, 0.1) is 10.9 Å². The molecule has 4 N–H and O–H groups in total. The van der Waals surface area contributed by atoms with Crippen LogP contribution in [0.1, 0.15) is 41.7 Å². The Hall–Kier alpha value is -4.21. The average molecular weight is 448 g/mol. The molecule has 2 heterocycles. The number of pyridine rings is 1. The lowest BCUT2D eigenvalue weighted by atomic mass is 10.1. The molecule has 1 aliphatic carbocycles. The Labute approximate surface area is 188 Å². The van der Waals surface area contributed by atoms with E-state index in [2.05, 4.69) is 32.5 Å². The highest BCUT2D eigenvalue weighted by Gasteiger charge is 2.28. The summed E-state index contributed by atoms with van der Waals surface area (Å²) >= 11 is 0. The van der Waals surface area contributed by atoms with Crippen LogP contribution >= 0.6 is 0 Å². The number of fused-ring (bicyclic) bond motifs is 1. The van der Waals surface area contributed by atoms with Gasteiger partial charge in [-0.15, -0.1) is 6.58 Å². The Kier molecular flexibility index (Phi) is 6.07. The number of amides is 3. The molecule has 3 amide bonds. The molecule has 2 aromatic heterocycles. The molecule has 1 saturated carbocycles. The van der Waals surface area contributed by atoms with E-state index in [4.69, 9.17) is 0 Å². The molecule has 170 valence electrons. The first-order chi connectivity index (χ1) is 15.9. The molecule has 0 radical (unpaired) electrons. The molecule has 0 atom stereocenters. The number of H-pyrrole nitrogens is 1. The van der Waals surface area contributed by atoms with Gasteiger partial charge in [-0.1, -0.05) is 6.08 Å². The Morgan fingerprint density at radius 3 is 2.45 bits per heavy atom. The second-order valence-corrected chi connectivity index (χ2v) is 7.73. The average Bonchev–Trinajstić information content (AvgIpc) is 3.64. The molecule has 33 heavy (non-hydrogen) atoms. The van der Waals surface area contributed by atoms with Gasteiger partial charge >= 0.3 is 11.7 Å². The van der Waals surface area contributed by atoms with Crippen LogP contribution in [0.25, 0.3) is 11.0 Å². The molecular formula is C23H24N6O4. The normalized spacial score (nSPS) is 12.9. The first kappa shape index (κ1) is 22.0. The van der Waals surface area contributed by atoms with Crippen LogP contribution in [0.4, 0.5) is 16.2 Å². The van der Waals surface area contributed by atoms with Gasteiger partial charge in [-0.3, -0.25) is 19.1 Å². The van der Waals surface area contributed by atoms with E-state index in [1.54, 1.807) is 43.3 Å². The zero-order valence-electron chi connectivity index (χ0n) is 18.1. The van der Waals surface area contributed by atoms with Crippen molar-refractivity contribution in [2.45, 2.75) is 32.2 Å². The van der Waals surface area contributed by atoms with Crippen molar-refractivity contribution >= 4 is 34.3 Å². The third kappa shape index (κ3) is 4.69. The topological polar surface area (TPSA) is 138 Å². The van der Waals surface area contributed by atoms with Crippen molar-refractivity contribution < 1.29 is 9.59 Å². The molecule has 1 aromatic carbocycles. The van der Waals surface area contributed by atoms with Gasteiger partial charge in [0.15, 0.2) is 5.65 Å². The van der Waals surface area contributed by atoms with Crippen molar-refractivity contribution in [1.82, 2.24) is 19.9 Å². The van der Waals surface area contributed by atoms with Crippen LogP contribution in [0.3, 0.4) is 0 Å². The second kappa shape index (κ2) is 9.11. The second-order valence-electron chi connectivity index (χ2n) is 7.73. The first-order valence-corrected chi connectivity index (χ1v) is 10.7. The molecule has 1 fully saturated rings. The van der Waals surface area contributed by atoms with Gasteiger partial charge < -0.3 is 16.0 Å². The number of hydrogen-bond donors (Lipinski definition) is 4. The molecule has 10 heteroatoms. The van der Waals surface area contributed by atoms with E-state index in [1.807, 2.05) is 0 Å². The maximum absolute atomic E-state index is 13.2. The number of benzene rings is 1. The summed E-state index contributed by atoms with van der Waals surface area (Å²) in [6, 6.07) is 7.82. The largest absolute Gasteiger partial charge is 0.334 e. The number of nitrogens with one attached hydrogen (secondary N) is 4. The van der Waals surface area contributed by atoms with E-state index >= 15 is 0 Å². The van der Waals surface area contributed by atoms with Gasteiger partial charge in [-0.05, 0) is 50.1 Å². The van der Waals surface area contributed by atoms with E-state index in [0.717, 1.165) is 12.8 Å². The van der Waals surface area contributed by atoms with E-state index in [1.165, 1.54) is 4.57 Å². The highest BCUT2D eigenvalue weighted by molar-refractivity contribution is 6.12. The lowest BCUT2D eigenvalue weighted by Gasteiger charge is -2.13. The van der Waals surface area contributed by atoms with Gasteiger partial charge in [-0.2, -0.15) is 0 Å². The molecule has 0 aliphatic heterocycles. The van der Waals surface area contributed by atoms with Crippen molar-refractivity contribution in [2.24, 2.45) is 0 Å². The standard InChI is InChI=1S/C23H24N6O4/c1-3-11-24-22(32)26-15-9-7-14(8-10-15)25-20(30)16-12-17(13-5-6-13)27-19-18(16)21(31)28-23(33)29(19)4-2/h3,7-10,12-13H,1,4-6,11H2,2H3,(H,25,30)(H2,24,26,32)(H,28,31,33). The molecule has 0 saturated heterocycles. The summed E-state index contributed by atoms with van der Waals surface area (Å²) in [5.41, 5.74) is 0.901. The maximum Gasteiger partial charge on any atom is 0.329 e. The molecular weight excluding hydrogens is 424 g/mol. The predicted octanol–water partition coefficient (Wildman–Crippen LogP) is 2.54. The highest BCUT2D eigenvalue weighted by Crippen LogP contribution is 2.40. The summed E-state index contributed by atoms with van der Waals surface area (Å²) in [6.07, 6.45) is 3.47. The summed E-state index contributed by atoms with van der Waals surface area (Å²) in [7, 11) is 0. The summed E-state index contributed by atoms with van der Waals surface area (Å²) in [5, 5.41) is 8.13. The fourth-order valence-corrected chi connectivity index (χ4v) is 3.53. The summed E-state index contributed by atoms with van der Waals surface area (Å²) in [5.74, 6) is -0.265. The summed E-state index contributed by atoms with van der Waals surface area (Å²) in [4.78, 5) is 56.6. The lowest BCUT2D eigenvalue weighted by Crippen LogP contribution is -2.32. The molecule has 4 rings (SSSR count). The van der Waals surface area contributed by atoms with Crippen molar-refractivity contribution in [1.29, 1.82) is 0 Å². The van der Waals surface area contributed by atoms with Crippen LogP contribution in [0.5, 0.6) is 0 Å². The Bertz CT molecular complexity index is 1350. The minimum Gasteiger partial charge on any atom is -0.334 e. The summed E-state index contributed by atoms with van der Waals surface area (Å²) < 4.78 is 1.36. The predicted molar refractivity (Wildman–Crippen MR) is 126 cm³/mol. The summed E-state index contributed by atoms with van der Waals surface area (Å²) in [6.45, 7) is 5.96. The zero-order chi connectivity index (χ0) is 23.5. The third-order valence-electron chi connectivity index (χ3n) is 5.33. The zero-order valence-corrected chi connectivity index (χ0v) is 18.1. The molecule has 0 spiro atoms. The monoisotopic (exact) mass is 448 g/mol. The number of anilines is 2. The van der Waals surface area contributed by atoms with Crippen LogP contribution < -0.4 is 27.2 Å². The van der Waals surface area contributed by atoms with Crippen LogP contribution in [0.2, 0.25) is 0 Å². The highest BCUT2D eigenvalue weighted by atomic mass is 16.2. The van der Waals surface area contributed by atoms with Gasteiger partial charge in [-0.25, -0.2) is 14.6 Å². The van der Waals surface area contributed by atoms with Crippen molar-refractivity contribution in [3.8, 4) is 0 Å². The van der Waals surface area contributed by atoms with E-state index in [0.29, 0.717) is 30.2 Å². The van der Waals surface area contributed by atoms with Crippen molar-refractivity contribution in [3.63, 3.8) is 0 Å². The first-order valence-electron chi connectivity index (χ1n) is 10.7. The lowest BCUT2D eigenvalue weighted by molar-refractivity contribution is 0.102. The number of rotatable bonds is 7. The Balaban J connectivity index is 1.64. The van der Waals surface area contributed by atoms with Crippen molar-refractivity contribution in [3.05, 3.63) is 75.1 Å². The third-order valence-corrected chi connectivity index (χ3v) is 5.33. The number of aromatic amines is 1. The minimum atomic E-state index is -0.648. The molecule has 3 aromatic rings. The van der Waals surface area contributed by atoms with Crippen LogP contribution in [0, 0.1) is 0 Å². The van der Waals surface area contributed by atoms with Gasteiger partial charge in [0.1, 0.15) is 0 Å². The number of aromatic nitrogens is 3.